The van der Waals surface area contributed by atoms with Gasteiger partial charge in [0.2, 0.25) is 0 Å². The molecule has 0 saturated heterocycles. The fourth-order valence-electron chi connectivity index (χ4n) is 1.30. The average Bonchev–Trinajstić information content (AvgIpc) is 2.26. The van der Waals surface area contributed by atoms with Gasteiger partial charge in [-0.25, -0.2) is 0 Å². The summed E-state index contributed by atoms with van der Waals surface area (Å²) in [5.41, 5.74) is 0.539. The Morgan fingerprint density at radius 3 is 2.60 bits per heavy atom. The van der Waals surface area contributed by atoms with Gasteiger partial charge in [-0.1, -0.05) is 29.8 Å². The number of rotatable bonds is 3. The van der Waals surface area contributed by atoms with E-state index in [2.05, 4.69) is 4.74 Å². The number of aliphatic hydroxyl groups is 1. The summed E-state index contributed by atoms with van der Waals surface area (Å²) in [7, 11) is 1.29. The van der Waals surface area contributed by atoms with Crippen molar-refractivity contribution in [2.24, 2.45) is 5.92 Å². The second-order valence-electron chi connectivity index (χ2n) is 3.28. The fraction of sp³-hybridized carbons (Fsp3) is 0.364. The predicted molar refractivity (Wildman–Crippen MR) is 57.6 cm³/mol. The van der Waals surface area contributed by atoms with Crippen LogP contribution in [-0.2, 0) is 9.53 Å². The third-order valence-corrected chi connectivity index (χ3v) is 2.61. The van der Waals surface area contributed by atoms with Crippen LogP contribution in [0.2, 0.25) is 5.02 Å². The first-order valence-electron chi connectivity index (χ1n) is 4.58. The van der Waals surface area contributed by atoms with Gasteiger partial charge in [0, 0.05) is 5.02 Å². The highest BCUT2D eigenvalue weighted by atomic mass is 35.5. The van der Waals surface area contributed by atoms with E-state index < -0.39 is 18.0 Å². The maximum Gasteiger partial charge on any atom is 0.311 e. The smallest absolute Gasteiger partial charge is 0.311 e. The minimum atomic E-state index is -0.939. The molecule has 1 aromatic carbocycles. The largest absolute Gasteiger partial charge is 0.469 e. The van der Waals surface area contributed by atoms with Gasteiger partial charge in [0.1, 0.15) is 0 Å². The van der Waals surface area contributed by atoms with Gasteiger partial charge in [0.05, 0.1) is 19.1 Å². The summed E-state index contributed by atoms with van der Waals surface area (Å²) in [6.07, 6.45) is -0.939. The number of carbonyl (C=O) groups excluding carboxylic acids is 1. The first kappa shape index (κ1) is 12.0. The fourth-order valence-corrected chi connectivity index (χ4v) is 1.55. The molecule has 0 spiro atoms. The quantitative estimate of drug-likeness (QED) is 0.807. The second-order valence-corrected chi connectivity index (χ2v) is 3.69. The number of aliphatic hydroxyl groups excluding tert-OH is 1. The van der Waals surface area contributed by atoms with Crippen LogP contribution in [0.3, 0.4) is 0 Å². The van der Waals surface area contributed by atoms with E-state index in [-0.39, 0.29) is 0 Å². The van der Waals surface area contributed by atoms with E-state index in [1.807, 2.05) is 0 Å². The third-order valence-electron chi connectivity index (χ3n) is 2.27. The Balaban J connectivity index is 2.89. The molecular weight excluding hydrogens is 216 g/mol. The maximum atomic E-state index is 11.2. The Morgan fingerprint density at radius 1 is 1.47 bits per heavy atom. The molecule has 82 valence electrons. The van der Waals surface area contributed by atoms with E-state index in [1.54, 1.807) is 31.2 Å². The van der Waals surface area contributed by atoms with E-state index in [0.717, 1.165) is 0 Å². The Hall–Kier alpha value is -1.06. The molecule has 0 heterocycles. The van der Waals surface area contributed by atoms with Crippen molar-refractivity contribution < 1.29 is 14.6 Å². The SMILES string of the molecule is COC(=O)C(C)C(O)c1ccccc1Cl. The highest BCUT2D eigenvalue weighted by molar-refractivity contribution is 6.31. The zero-order valence-electron chi connectivity index (χ0n) is 8.61. The Kier molecular flexibility index (Phi) is 4.12. The molecule has 0 amide bonds. The van der Waals surface area contributed by atoms with Crippen LogP contribution < -0.4 is 0 Å². The van der Waals surface area contributed by atoms with Crippen LogP contribution >= 0.6 is 11.6 Å². The van der Waals surface area contributed by atoms with E-state index in [4.69, 9.17) is 11.6 Å². The number of carbonyl (C=O) groups is 1. The van der Waals surface area contributed by atoms with Crippen LogP contribution in [0.1, 0.15) is 18.6 Å². The lowest BCUT2D eigenvalue weighted by Gasteiger charge is -2.17. The van der Waals surface area contributed by atoms with Crippen molar-refractivity contribution in [3.8, 4) is 0 Å². The molecule has 1 aromatic rings. The standard InChI is InChI=1S/C11H13ClO3/c1-7(11(14)15-2)10(13)8-5-3-4-6-9(8)12/h3-7,10,13H,1-2H3. The van der Waals surface area contributed by atoms with Crippen LogP contribution in [0.15, 0.2) is 24.3 Å². The summed E-state index contributed by atoms with van der Waals surface area (Å²) < 4.78 is 4.55. The summed E-state index contributed by atoms with van der Waals surface area (Å²) in [6, 6.07) is 6.88. The Bertz CT molecular complexity index is 351. The van der Waals surface area contributed by atoms with Crippen molar-refractivity contribution in [1.29, 1.82) is 0 Å². The van der Waals surface area contributed by atoms with Crippen molar-refractivity contribution in [2.45, 2.75) is 13.0 Å². The van der Waals surface area contributed by atoms with Gasteiger partial charge in [-0.2, -0.15) is 0 Å². The van der Waals surface area contributed by atoms with Crippen molar-refractivity contribution in [2.75, 3.05) is 7.11 Å². The zero-order chi connectivity index (χ0) is 11.4. The van der Waals surface area contributed by atoms with Gasteiger partial charge in [0.15, 0.2) is 0 Å². The minimum absolute atomic E-state index is 0.445. The molecule has 2 unspecified atom stereocenters. The summed E-state index contributed by atoms with van der Waals surface area (Å²) in [6.45, 7) is 1.60. The molecule has 1 rings (SSSR count). The lowest BCUT2D eigenvalue weighted by Crippen LogP contribution is -2.20. The highest BCUT2D eigenvalue weighted by Crippen LogP contribution is 2.28. The van der Waals surface area contributed by atoms with Gasteiger partial charge in [0.25, 0.3) is 0 Å². The van der Waals surface area contributed by atoms with Gasteiger partial charge in [-0.3, -0.25) is 4.79 Å². The Morgan fingerprint density at radius 2 is 2.07 bits per heavy atom. The van der Waals surface area contributed by atoms with E-state index in [1.165, 1.54) is 7.11 Å². The molecule has 4 heteroatoms. The first-order valence-corrected chi connectivity index (χ1v) is 4.96. The lowest BCUT2D eigenvalue weighted by molar-refractivity contribution is -0.148. The van der Waals surface area contributed by atoms with E-state index in [0.29, 0.717) is 10.6 Å². The first-order chi connectivity index (χ1) is 7.07. The number of ether oxygens (including phenoxy) is 1. The van der Waals surface area contributed by atoms with Crippen LogP contribution in [0.25, 0.3) is 0 Å². The highest BCUT2D eigenvalue weighted by Gasteiger charge is 2.25. The van der Waals surface area contributed by atoms with Crippen molar-refractivity contribution >= 4 is 17.6 Å². The van der Waals surface area contributed by atoms with Crippen LogP contribution in [0.5, 0.6) is 0 Å². The van der Waals surface area contributed by atoms with Gasteiger partial charge >= 0.3 is 5.97 Å². The summed E-state index contributed by atoms with van der Waals surface area (Å²) >= 11 is 5.90. The van der Waals surface area contributed by atoms with Gasteiger partial charge < -0.3 is 9.84 Å². The molecule has 0 aliphatic heterocycles. The molecule has 0 radical (unpaired) electrons. The molecule has 0 aliphatic carbocycles. The number of halogens is 1. The third kappa shape index (κ3) is 2.70. The molecule has 2 atom stereocenters. The van der Waals surface area contributed by atoms with Crippen molar-refractivity contribution in [1.82, 2.24) is 0 Å². The molecule has 0 aromatic heterocycles. The Labute approximate surface area is 93.6 Å². The number of esters is 1. The monoisotopic (exact) mass is 228 g/mol. The summed E-state index contributed by atoms with van der Waals surface area (Å²) in [5.74, 6) is -1.09. The minimum Gasteiger partial charge on any atom is -0.469 e. The summed E-state index contributed by atoms with van der Waals surface area (Å²) in [4.78, 5) is 11.2. The normalized spacial score (nSPS) is 14.4. The van der Waals surface area contributed by atoms with Gasteiger partial charge in [-0.05, 0) is 18.6 Å². The molecule has 0 saturated carbocycles. The predicted octanol–water partition coefficient (Wildman–Crippen LogP) is 2.18. The molecule has 3 nitrogen and oxygen atoms in total. The van der Waals surface area contributed by atoms with E-state index in [9.17, 15) is 9.90 Å². The second kappa shape index (κ2) is 5.14. The van der Waals surface area contributed by atoms with E-state index >= 15 is 0 Å². The average molecular weight is 229 g/mol. The van der Waals surface area contributed by atoms with Crippen molar-refractivity contribution in [3.63, 3.8) is 0 Å². The maximum absolute atomic E-state index is 11.2. The number of methoxy groups -OCH3 is 1. The van der Waals surface area contributed by atoms with Crippen LogP contribution in [-0.4, -0.2) is 18.2 Å². The molecule has 0 fully saturated rings. The van der Waals surface area contributed by atoms with Crippen molar-refractivity contribution in [3.05, 3.63) is 34.9 Å². The molecule has 15 heavy (non-hydrogen) atoms. The molecule has 1 N–H and O–H groups in total. The lowest BCUT2D eigenvalue weighted by atomic mass is 9.97. The number of benzene rings is 1. The molecule has 0 bridgehead atoms. The topological polar surface area (TPSA) is 46.5 Å². The number of hydrogen-bond acceptors (Lipinski definition) is 3. The zero-order valence-corrected chi connectivity index (χ0v) is 9.36. The molecular formula is C11H13ClO3. The molecule has 0 aliphatic rings. The summed E-state index contributed by atoms with van der Waals surface area (Å²) in [5, 5.41) is 10.3. The number of hydrogen-bond donors (Lipinski definition) is 1. The van der Waals surface area contributed by atoms with Gasteiger partial charge in [-0.15, -0.1) is 0 Å². The van der Waals surface area contributed by atoms with Crippen LogP contribution in [0.4, 0.5) is 0 Å². The van der Waals surface area contributed by atoms with Crippen LogP contribution in [0, 0.1) is 5.92 Å².